The van der Waals surface area contributed by atoms with Gasteiger partial charge in [-0.15, -0.1) is 16.4 Å². The van der Waals surface area contributed by atoms with Crippen molar-refractivity contribution in [2.75, 3.05) is 81.7 Å². The fourth-order valence-electron chi connectivity index (χ4n) is 8.83. The Morgan fingerprint density at radius 3 is 1.41 bits per heavy atom. The number of ether oxygens (including phenoxy) is 3. The van der Waals surface area contributed by atoms with Gasteiger partial charge in [0.1, 0.15) is 43.4 Å². The Morgan fingerprint density at radius 2 is 0.957 bits per heavy atom. The quantitative estimate of drug-likeness (QED) is 0.0684. The second-order valence-electron chi connectivity index (χ2n) is 18.6. The Bertz CT molecular complexity index is 3060. The number of nitrogens with zero attached hydrogens (tertiary/aromatic N) is 7. The van der Waals surface area contributed by atoms with Crippen molar-refractivity contribution < 1.29 is 38.5 Å². The van der Waals surface area contributed by atoms with E-state index in [0.29, 0.717) is 31.8 Å². The number of aliphatic imine (C=N–C) groups is 2. The molecule has 4 aromatic carbocycles. The molecule has 0 saturated carbocycles. The van der Waals surface area contributed by atoms with Gasteiger partial charge < -0.3 is 39.2 Å². The van der Waals surface area contributed by atoms with E-state index in [-0.39, 0.29) is 19.5 Å². The van der Waals surface area contributed by atoms with E-state index in [0.717, 1.165) is 127 Å². The van der Waals surface area contributed by atoms with E-state index in [1.165, 1.54) is 0 Å². The largest absolute Gasteiger partial charge is 2.00 e. The van der Waals surface area contributed by atoms with E-state index < -0.39 is 5.54 Å². The van der Waals surface area contributed by atoms with Gasteiger partial charge in [0.15, 0.2) is 0 Å². The first kappa shape index (κ1) is 49.7. The Labute approximate surface area is 424 Å². The van der Waals surface area contributed by atoms with Crippen LogP contribution in [0.4, 0.5) is 0 Å². The number of aromatic nitrogens is 1. The normalized spacial score (nSPS) is 20.9. The van der Waals surface area contributed by atoms with Crippen LogP contribution < -0.4 is 29.9 Å². The van der Waals surface area contributed by atoms with Gasteiger partial charge >= 0.3 is 19.5 Å². The van der Waals surface area contributed by atoms with Crippen molar-refractivity contribution in [1.29, 1.82) is 0 Å². The van der Waals surface area contributed by atoms with Gasteiger partial charge in [0.05, 0.1) is 22.8 Å². The minimum atomic E-state index is -0.729. The van der Waals surface area contributed by atoms with Gasteiger partial charge in [-0.25, -0.2) is 9.98 Å². The third-order valence-corrected chi connectivity index (χ3v) is 12.5. The summed E-state index contributed by atoms with van der Waals surface area (Å²) in [5.74, 6) is 2.38. The second kappa shape index (κ2) is 21.9. The second-order valence-corrected chi connectivity index (χ2v) is 18.6. The zero-order valence-corrected chi connectivity index (χ0v) is 44.2. The fraction of sp³-hybridized carbons (Fsp3) is 0.259. The van der Waals surface area contributed by atoms with Crippen LogP contribution in [0.15, 0.2) is 167 Å². The van der Waals surface area contributed by atoms with Crippen LogP contribution in [0.2, 0.25) is 0 Å². The van der Waals surface area contributed by atoms with Crippen LogP contribution in [0.5, 0.6) is 17.2 Å². The summed E-state index contributed by atoms with van der Waals surface area (Å²) in [5, 5.41) is 7.21. The minimum Gasteiger partial charge on any atom is -0.675 e. The fourth-order valence-corrected chi connectivity index (χ4v) is 8.83. The molecule has 352 valence electrons. The monoisotopic (exact) mass is 981 g/mol. The first-order chi connectivity index (χ1) is 33.4. The number of likely N-dealkylation sites (N-methyl/N-ethyl adjacent to an activating group) is 3. The van der Waals surface area contributed by atoms with Gasteiger partial charge in [0.2, 0.25) is 0 Å². The molecule has 5 heterocycles. The Kier molecular flexibility index (Phi) is 15.6. The van der Waals surface area contributed by atoms with E-state index in [9.17, 15) is 4.79 Å². The number of carbonyl (C=O) groups excluding carboxylic acids is 1. The van der Waals surface area contributed by atoms with Crippen LogP contribution in [0, 0.1) is 0 Å². The van der Waals surface area contributed by atoms with Crippen LogP contribution in [0.1, 0.15) is 46.0 Å². The molecule has 5 aromatic rings. The van der Waals surface area contributed by atoms with Crippen molar-refractivity contribution in [3.05, 3.63) is 200 Å². The third-order valence-electron chi connectivity index (χ3n) is 12.5. The molecule has 0 saturated heterocycles. The molecule has 0 N–H and O–H groups in total. The Hall–Kier alpha value is -6.69. The number of rotatable bonds is 17. The van der Waals surface area contributed by atoms with Crippen molar-refractivity contribution in [3.8, 4) is 17.2 Å². The average molecular weight is 984 g/mol. The molecule has 1 unspecified atom stereocenters. The zero-order chi connectivity index (χ0) is 48.1. The molecule has 70 heavy (non-hydrogen) atoms. The third kappa shape index (κ3) is 11.2. The SMILES string of the molecule is CN(C)CCOc1ccc(/C2=C3\C=CC(=N3)/C(c3ccc(OCCN(C)C)cc3)=c3/cc/c([n-]3)=C(\c3ccc(OCCN(C)C)cc3)C3=N/C(=C(/c4ccc(C=O)cc4)C4=CCC2(C)[N-]4)C=C3)cc1.[Zn+2]. The van der Waals surface area contributed by atoms with E-state index >= 15 is 0 Å². The van der Waals surface area contributed by atoms with Crippen molar-refractivity contribution in [1.82, 2.24) is 19.7 Å². The maximum atomic E-state index is 11.8. The summed E-state index contributed by atoms with van der Waals surface area (Å²) >= 11 is 0. The molecule has 0 amide bonds. The molecule has 1 aromatic heterocycles. The van der Waals surface area contributed by atoms with Crippen LogP contribution in [0.25, 0.3) is 27.6 Å². The number of hydrogen-bond donors (Lipinski definition) is 0. The molecular formula is C58H59N7O4Zn. The summed E-state index contributed by atoms with van der Waals surface area (Å²) in [7, 11) is 12.2. The Balaban J connectivity index is 0.00000659. The number of allylic oxidation sites excluding steroid dienone is 5. The van der Waals surface area contributed by atoms with Gasteiger partial charge in [-0.05, 0) is 154 Å². The number of fused-ring (bicyclic) bond motifs is 6. The first-order valence-electron chi connectivity index (χ1n) is 23.5. The molecule has 4 aliphatic heterocycles. The molecule has 0 aliphatic carbocycles. The summed E-state index contributed by atoms with van der Waals surface area (Å²) in [6.07, 6.45) is 12.0. The predicted molar refractivity (Wildman–Crippen MR) is 279 cm³/mol. The molecule has 4 aliphatic rings. The summed E-state index contributed by atoms with van der Waals surface area (Å²) in [4.78, 5) is 34.6. The van der Waals surface area contributed by atoms with Crippen molar-refractivity contribution in [3.63, 3.8) is 0 Å². The molecule has 8 bridgehead atoms. The van der Waals surface area contributed by atoms with E-state index in [1.54, 1.807) is 0 Å². The summed E-state index contributed by atoms with van der Waals surface area (Å²) < 4.78 is 18.4. The number of aldehydes is 1. The molecule has 1 atom stereocenters. The molecule has 11 nitrogen and oxygen atoms in total. The van der Waals surface area contributed by atoms with E-state index in [1.807, 2.05) is 103 Å². The van der Waals surface area contributed by atoms with Crippen molar-refractivity contribution in [2.24, 2.45) is 9.98 Å². The molecule has 0 radical (unpaired) electrons. The maximum Gasteiger partial charge on any atom is 2.00 e. The number of hydrogen-bond acceptors (Lipinski definition) is 9. The van der Waals surface area contributed by atoms with Crippen LogP contribution in [-0.2, 0) is 19.5 Å². The van der Waals surface area contributed by atoms with Gasteiger partial charge in [-0.2, -0.15) is 0 Å². The number of benzene rings is 4. The van der Waals surface area contributed by atoms with Gasteiger partial charge in [0, 0.05) is 25.2 Å². The maximum absolute atomic E-state index is 11.8. The van der Waals surface area contributed by atoms with Crippen molar-refractivity contribution >= 4 is 40.0 Å². The van der Waals surface area contributed by atoms with E-state index in [4.69, 9.17) is 34.5 Å². The molecule has 0 fully saturated rings. The topological polar surface area (TPSA) is 107 Å². The summed E-state index contributed by atoms with van der Waals surface area (Å²) in [6.45, 7) is 6.36. The first-order valence-corrected chi connectivity index (χ1v) is 23.5. The average Bonchev–Trinajstić information content (AvgIpc) is 4.18. The Morgan fingerprint density at radius 1 is 0.543 bits per heavy atom. The van der Waals surface area contributed by atoms with Crippen LogP contribution in [-0.4, -0.2) is 120 Å². The zero-order valence-electron chi connectivity index (χ0n) is 41.3. The smallest absolute Gasteiger partial charge is 0.675 e. The molecule has 12 heteroatoms. The summed E-state index contributed by atoms with van der Waals surface area (Å²) in [5.41, 5.74) is 11.3. The standard InChI is InChI=1S/C58H60N7O4.Zn/c1-58-31-30-52(62-58)56(40-10-8-39(38-66)9-11-40)51-27-26-48(60-51)54(41-12-18-44(19-13-41)67-35-32-63(2)3)47-24-25-49(59-47)55(42-14-20-45(21-15-42)68-36-33-64(4)5)50-28-29-53(61-50)57(58)43-16-22-46(23-17-43)69-37-34-65(6)7;/h8-30,38H,31-37H2,1-7H3,(H,59,60,61,66);/q-1;+2/p-1/b57-53-;. The van der Waals surface area contributed by atoms with Crippen LogP contribution in [0.3, 0.4) is 0 Å². The van der Waals surface area contributed by atoms with Gasteiger partial charge in [0.25, 0.3) is 0 Å². The van der Waals surface area contributed by atoms with Gasteiger partial charge in [-0.1, -0.05) is 91.3 Å². The van der Waals surface area contributed by atoms with Crippen molar-refractivity contribution in [2.45, 2.75) is 18.9 Å². The molecular weight excluding hydrogens is 924 g/mol. The van der Waals surface area contributed by atoms with Gasteiger partial charge in [-0.3, -0.25) is 4.79 Å². The van der Waals surface area contributed by atoms with E-state index in [2.05, 4.69) is 101 Å². The molecule has 0 spiro atoms. The van der Waals surface area contributed by atoms with Crippen LogP contribution >= 0.6 is 0 Å². The minimum absolute atomic E-state index is 0. The number of carbonyl (C=O) groups is 1. The molecule has 9 rings (SSSR count). The summed E-state index contributed by atoms with van der Waals surface area (Å²) in [6, 6.07) is 36.5. The predicted octanol–water partition coefficient (Wildman–Crippen LogP) is 7.95.